The largest absolute Gasteiger partial charge is 0.496 e. The van der Waals surface area contributed by atoms with Gasteiger partial charge in [0.05, 0.1) is 18.1 Å². The summed E-state index contributed by atoms with van der Waals surface area (Å²) in [6.07, 6.45) is 0. The Balaban J connectivity index is 2.18. The molecule has 0 aliphatic carbocycles. The number of benzene rings is 2. The van der Waals surface area contributed by atoms with Gasteiger partial charge in [0, 0.05) is 0 Å². The first-order valence-corrected chi connectivity index (χ1v) is 5.70. The molecular formula is C14H13NO4. The number of methoxy groups -OCH3 is 1. The molecule has 0 unspecified atom stereocenters. The molecule has 0 N–H and O–H groups in total. The molecule has 0 aromatic heterocycles. The van der Waals surface area contributed by atoms with Crippen molar-refractivity contribution >= 4 is 5.69 Å². The third kappa shape index (κ3) is 3.22. The quantitative estimate of drug-likeness (QED) is 0.611. The molecule has 0 bridgehead atoms. The number of hydrogen-bond donors (Lipinski definition) is 0. The summed E-state index contributed by atoms with van der Waals surface area (Å²) in [4.78, 5) is 10.5. The van der Waals surface area contributed by atoms with Crippen molar-refractivity contribution in [2.45, 2.75) is 6.61 Å². The van der Waals surface area contributed by atoms with E-state index >= 15 is 0 Å². The third-order valence-electron chi connectivity index (χ3n) is 2.60. The molecule has 0 amide bonds. The molecule has 19 heavy (non-hydrogen) atoms. The molecule has 0 saturated heterocycles. The van der Waals surface area contributed by atoms with Crippen LogP contribution in [0.3, 0.4) is 0 Å². The molecule has 5 heteroatoms. The van der Waals surface area contributed by atoms with Gasteiger partial charge in [-0.15, -0.1) is 0 Å². The first kappa shape index (κ1) is 12.9. The molecule has 0 atom stereocenters. The van der Waals surface area contributed by atoms with Crippen molar-refractivity contribution in [2.24, 2.45) is 0 Å². The van der Waals surface area contributed by atoms with Gasteiger partial charge in [0.1, 0.15) is 12.4 Å². The molecule has 0 aliphatic heterocycles. The Morgan fingerprint density at radius 3 is 2.53 bits per heavy atom. The summed E-state index contributed by atoms with van der Waals surface area (Å²) in [5, 5.41) is 11.0. The van der Waals surface area contributed by atoms with Crippen LogP contribution in [0, 0.1) is 10.1 Å². The van der Waals surface area contributed by atoms with Gasteiger partial charge < -0.3 is 9.47 Å². The van der Waals surface area contributed by atoms with Crippen LogP contribution >= 0.6 is 0 Å². The summed E-state index contributed by atoms with van der Waals surface area (Å²) in [6.45, 7) is 0.286. The maximum Gasteiger partial charge on any atom is 0.314 e. The van der Waals surface area contributed by atoms with Gasteiger partial charge in [0.25, 0.3) is 0 Å². The smallest absolute Gasteiger partial charge is 0.314 e. The monoisotopic (exact) mass is 259 g/mol. The van der Waals surface area contributed by atoms with Crippen molar-refractivity contribution < 1.29 is 14.4 Å². The molecule has 5 nitrogen and oxygen atoms in total. The van der Waals surface area contributed by atoms with Gasteiger partial charge >= 0.3 is 5.69 Å². The standard InChI is InChI=1S/C14H13NO4/c1-18-12-7-8-14(13(9-12)15(16)17)19-10-11-5-3-2-4-6-11/h2-9H,10H2,1H3. The lowest BCUT2D eigenvalue weighted by Gasteiger charge is -2.08. The van der Waals surface area contributed by atoms with Crippen LogP contribution in [0.1, 0.15) is 5.56 Å². The highest BCUT2D eigenvalue weighted by atomic mass is 16.6. The van der Waals surface area contributed by atoms with Crippen LogP contribution in [-0.4, -0.2) is 12.0 Å². The van der Waals surface area contributed by atoms with Crippen molar-refractivity contribution in [3.05, 3.63) is 64.2 Å². The molecule has 0 heterocycles. The maximum absolute atomic E-state index is 11.0. The Hall–Kier alpha value is -2.56. The van der Waals surface area contributed by atoms with E-state index in [2.05, 4.69) is 0 Å². The van der Waals surface area contributed by atoms with E-state index < -0.39 is 4.92 Å². The Kier molecular flexibility index (Phi) is 3.97. The zero-order chi connectivity index (χ0) is 13.7. The summed E-state index contributed by atoms with van der Waals surface area (Å²) < 4.78 is 10.4. The molecule has 0 radical (unpaired) electrons. The lowest BCUT2D eigenvalue weighted by Crippen LogP contribution is -1.99. The molecule has 2 rings (SSSR count). The number of nitrogens with zero attached hydrogens (tertiary/aromatic N) is 1. The number of ether oxygens (including phenoxy) is 2. The lowest BCUT2D eigenvalue weighted by molar-refractivity contribution is -0.386. The first-order chi connectivity index (χ1) is 9.20. The van der Waals surface area contributed by atoms with Gasteiger partial charge in [0.15, 0.2) is 5.75 Å². The van der Waals surface area contributed by atoms with E-state index in [-0.39, 0.29) is 18.0 Å². The minimum Gasteiger partial charge on any atom is -0.496 e. The van der Waals surface area contributed by atoms with Crippen molar-refractivity contribution in [3.8, 4) is 11.5 Å². The Bertz CT molecular complexity index is 569. The van der Waals surface area contributed by atoms with E-state index in [0.29, 0.717) is 5.75 Å². The highest BCUT2D eigenvalue weighted by Crippen LogP contribution is 2.31. The molecule has 2 aromatic rings. The van der Waals surface area contributed by atoms with Crippen LogP contribution in [0.5, 0.6) is 11.5 Å². The van der Waals surface area contributed by atoms with Crippen molar-refractivity contribution in [1.29, 1.82) is 0 Å². The Morgan fingerprint density at radius 1 is 1.16 bits per heavy atom. The zero-order valence-electron chi connectivity index (χ0n) is 10.4. The summed E-state index contributed by atoms with van der Waals surface area (Å²) in [6, 6.07) is 14.0. The number of nitro benzene ring substituents is 1. The maximum atomic E-state index is 11.0. The van der Waals surface area contributed by atoms with Crippen LogP contribution in [0.4, 0.5) is 5.69 Å². The van der Waals surface area contributed by atoms with Crippen molar-refractivity contribution in [1.82, 2.24) is 0 Å². The predicted octanol–water partition coefficient (Wildman–Crippen LogP) is 3.18. The van der Waals surface area contributed by atoms with E-state index in [1.54, 1.807) is 12.1 Å². The summed E-state index contributed by atoms with van der Waals surface area (Å²) >= 11 is 0. The minimum atomic E-state index is -0.483. The van der Waals surface area contributed by atoms with Gasteiger partial charge in [-0.1, -0.05) is 30.3 Å². The summed E-state index contributed by atoms with van der Waals surface area (Å²) in [7, 11) is 1.46. The van der Waals surface area contributed by atoms with Crippen LogP contribution < -0.4 is 9.47 Å². The van der Waals surface area contributed by atoms with Gasteiger partial charge in [0.2, 0.25) is 0 Å². The number of rotatable bonds is 5. The average Bonchev–Trinajstić information content (AvgIpc) is 2.46. The fourth-order valence-corrected chi connectivity index (χ4v) is 1.62. The molecule has 0 spiro atoms. The molecule has 0 saturated carbocycles. The summed E-state index contributed by atoms with van der Waals surface area (Å²) in [5.41, 5.74) is 0.850. The van der Waals surface area contributed by atoms with Gasteiger partial charge in [-0.2, -0.15) is 0 Å². The highest BCUT2D eigenvalue weighted by molar-refractivity contribution is 5.50. The second-order valence-corrected chi connectivity index (χ2v) is 3.87. The van der Waals surface area contributed by atoms with Crippen LogP contribution in [-0.2, 0) is 6.61 Å². The van der Waals surface area contributed by atoms with Crippen molar-refractivity contribution in [3.63, 3.8) is 0 Å². The first-order valence-electron chi connectivity index (χ1n) is 5.70. The fourth-order valence-electron chi connectivity index (χ4n) is 1.62. The van der Waals surface area contributed by atoms with E-state index in [4.69, 9.17) is 9.47 Å². The second-order valence-electron chi connectivity index (χ2n) is 3.87. The van der Waals surface area contributed by atoms with E-state index in [0.717, 1.165) is 5.56 Å². The van der Waals surface area contributed by atoms with Crippen LogP contribution in [0.25, 0.3) is 0 Å². The number of nitro groups is 1. The van der Waals surface area contributed by atoms with E-state index in [1.807, 2.05) is 30.3 Å². The second kappa shape index (κ2) is 5.86. The number of hydrogen-bond acceptors (Lipinski definition) is 4. The Labute approximate surface area is 110 Å². The van der Waals surface area contributed by atoms with E-state index in [1.165, 1.54) is 13.2 Å². The summed E-state index contributed by atoms with van der Waals surface area (Å²) in [5.74, 6) is 0.661. The third-order valence-corrected chi connectivity index (χ3v) is 2.60. The van der Waals surface area contributed by atoms with Crippen LogP contribution in [0.2, 0.25) is 0 Å². The Morgan fingerprint density at radius 2 is 1.89 bits per heavy atom. The molecular weight excluding hydrogens is 246 g/mol. The van der Waals surface area contributed by atoms with Gasteiger partial charge in [-0.05, 0) is 17.7 Å². The normalized spacial score (nSPS) is 9.95. The minimum absolute atomic E-state index is 0.102. The van der Waals surface area contributed by atoms with Gasteiger partial charge in [-0.3, -0.25) is 10.1 Å². The van der Waals surface area contributed by atoms with E-state index in [9.17, 15) is 10.1 Å². The molecule has 98 valence electrons. The topological polar surface area (TPSA) is 61.6 Å². The molecule has 0 fully saturated rings. The predicted molar refractivity (Wildman–Crippen MR) is 70.4 cm³/mol. The highest BCUT2D eigenvalue weighted by Gasteiger charge is 2.16. The van der Waals surface area contributed by atoms with Crippen LogP contribution in [0.15, 0.2) is 48.5 Å². The average molecular weight is 259 g/mol. The lowest BCUT2D eigenvalue weighted by atomic mass is 10.2. The van der Waals surface area contributed by atoms with Gasteiger partial charge in [-0.25, -0.2) is 0 Å². The zero-order valence-corrected chi connectivity index (χ0v) is 10.4. The molecule has 0 aliphatic rings. The SMILES string of the molecule is COc1ccc(OCc2ccccc2)c([N+](=O)[O-])c1. The van der Waals surface area contributed by atoms with Crippen molar-refractivity contribution in [2.75, 3.05) is 7.11 Å². The molecule has 2 aromatic carbocycles. The fraction of sp³-hybridized carbons (Fsp3) is 0.143.